The lowest BCUT2D eigenvalue weighted by atomic mass is 10.0. The lowest BCUT2D eigenvalue weighted by Gasteiger charge is -2.01. The highest BCUT2D eigenvalue weighted by atomic mass is 16.1. The van der Waals surface area contributed by atoms with Crippen LogP contribution in [-0.4, -0.2) is 5.78 Å². The van der Waals surface area contributed by atoms with Crippen LogP contribution in [0.4, 0.5) is 0 Å². The first-order valence-corrected chi connectivity index (χ1v) is 5.57. The van der Waals surface area contributed by atoms with Crippen LogP contribution < -0.4 is 0 Å². The summed E-state index contributed by atoms with van der Waals surface area (Å²) in [5.74, 6) is 0.00594. The minimum absolute atomic E-state index is 0.00594. The Morgan fingerprint density at radius 3 is 2.17 bits per heavy atom. The fourth-order valence-corrected chi connectivity index (χ4v) is 1.64. The van der Waals surface area contributed by atoms with E-state index >= 15 is 0 Å². The minimum atomic E-state index is 0.00594. The van der Waals surface area contributed by atoms with Crippen molar-refractivity contribution in [3.63, 3.8) is 0 Å². The Kier molecular flexibility index (Phi) is 3.68. The highest BCUT2D eigenvalue weighted by Crippen LogP contribution is 2.11. The second-order valence-corrected chi connectivity index (χ2v) is 3.78. The van der Waals surface area contributed by atoms with Gasteiger partial charge in [-0.2, -0.15) is 5.26 Å². The van der Waals surface area contributed by atoms with Crippen molar-refractivity contribution in [1.82, 2.24) is 0 Å². The zero-order valence-electron chi connectivity index (χ0n) is 9.71. The molecule has 2 heteroatoms. The molecule has 0 spiro atoms. The summed E-state index contributed by atoms with van der Waals surface area (Å²) in [6.07, 6.45) is 3.12. The first-order valence-electron chi connectivity index (χ1n) is 5.57. The molecule has 2 aromatic carbocycles. The van der Waals surface area contributed by atoms with Crippen LogP contribution in [0.3, 0.4) is 0 Å². The summed E-state index contributed by atoms with van der Waals surface area (Å²) in [6, 6.07) is 18.3. The predicted octanol–water partition coefficient (Wildman–Crippen LogP) is 3.45. The number of ketones is 1. The molecule has 18 heavy (non-hydrogen) atoms. The van der Waals surface area contributed by atoms with E-state index in [-0.39, 0.29) is 5.78 Å². The largest absolute Gasteiger partial charge is 0.289 e. The summed E-state index contributed by atoms with van der Waals surface area (Å²) in [6.45, 7) is 0. The zero-order chi connectivity index (χ0) is 12.8. The van der Waals surface area contributed by atoms with Gasteiger partial charge in [0.05, 0.1) is 6.07 Å². The van der Waals surface area contributed by atoms with Gasteiger partial charge >= 0.3 is 0 Å². The summed E-state index contributed by atoms with van der Waals surface area (Å²) < 4.78 is 0. The molecule has 0 aliphatic rings. The molecule has 0 aliphatic carbocycles. The van der Waals surface area contributed by atoms with Crippen LogP contribution in [0.15, 0.2) is 60.7 Å². The van der Waals surface area contributed by atoms with Gasteiger partial charge in [-0.25, -0.2) is 0 Å². The Morgan fingerprint density at radius 1 is 0.944 bits per heavy atom. The summed E-state index contributed by atoms with van der Waals surface area (Å²) in [7, 11) is 0. The van der Waals surface area contributed by atoms with E-state index in [1.54, 1.807) is 30.3 Å². The quantitative estimate of drug-likeness (QED) is 0.601. The van der Waals surface area contributed by atoms with Crippen molar-refractivity contribution in [2.45, 2.75) is 0 Å². The summed E-state index contributed by atoms with van der Waals surface area (Å²) >= 11 is 0. The van der Waals surface area contributed by atoms with Gasteiger partial charge in [-0.05, 0) is 11.6 Å². The molecule has 2 nitrogen and oxygen atoms in total. The number of nitrogens with zero attached hydrogens (tertiary/aromatic N) is 1. The molecule has 0 radical (unpaired) electrons. The standard InChI is InChI=1S/C16H11NO/c17-12-4-5-13-8-10-15(11-9-13)16(18)14-6-2-1-3-7-14/h1-11H. The van der Waals surface area contributed by atoms with Crippen LogP contribution in [-0.2, 0) is 0 Å². The molecule has 0 fully saturated rings. The molecule has 0 aliphatic heterocycles. The number of hydrogen-bond donors (Lipinski definition) is 0. The normalized spacial score (nSPS) is 10.2. The van der Waals surface area contributed by atoms with E-state index in [9.17, 15) is 4.79 Å². The molecule has 0 atom stereocenters. The maximum atomic E-state index is 12.1. The molecule has 0 heterocycles. The van der Waals surface area contributed by atoms with E-state index in [1.807, 2.05) is 36.4 Å². The SMILES string of the molecule is N#CC=Cc1ccc(C(=O)c2ccccc2)cc1. The lowest BCUT2D eigenvalue weighted by molar-refractivity contribution is 0.103. The highest BCUT2D eigenvalue weighted by Gasteiger charge is 2.07. The maximum Gasteiger partial charge on any atom is 0.193 e. The van der Waals surface area contributed by atoms with Crippen LogP contribution in [0, 0.1) is 11.3 Å². The second kappa shape index (κ2) is 5.60. The van der Waals surface area contributed by atoms with E-state index in [4.69, 9.17) is 5.26 Å². The van der Waals surface area contributed by atoms with Crippen LogP contribution in [0.5, 0.6) is 0 Å². The molecule has 2 aromatic rings. The van der Waals surface area contributed by atoms with Crippen LogP contribution in [0.25, 0.3) is 6.08 Å². The summed E-state index contributed by atoms with van der Waals surface area (Å²) in [5, 5.41) is 8.43. The molecule has 0 bridgehead atoms. The van der Waals surface area contributed by atoms with E-state index in [0.717, 1.165) is 5.56 Å². The molecular weight excluding hydrogens is 222 g/mol. The van der Waals surface area contributed by atoms with Gasteiger partial charge in [0.2, 0.25) is 0 Å². The van der Waals surface area contributed by atoms with Crippen molar-refractivity contribution in [2.75, 3.05) is 0 Å². The number of carbonyl (C=O) groups excluding carboxylic acids is 1. The van der Waals surface area contributed by atoms with E-state index in [2.05, 4.69) is 0 Å². The van der Waals surface area contributed by atoms with E-state index in [0.29, 0.717) is 11.1 Å². The highest BCUT2D eigenvalue weighted by molar-refractivity contribution is 6.09. The number of rotatable bonds is 3. The molecule has 0 saturated heterocycles. The summed E-state index contributed by atoms with van der Waals surface area (Å²) in [5.41, 5.74) is 2.23. The Labute approximate surface area is 106 Å². The molecule has 0 saturated carbocycles. The number of carbonyl (C=O) groups is 1. The number of hydrogen-bond acceptors (Lipinski definition) is 2. The van der Waals surface area contributed by atoms with Gasteiger partial charge < -0.3 is 0 Å². The fourth-order valence-electron chi connectivity index (χ4n) is 1.64. The van der Waals surface area contributed by atoms with Crippen molar-refractivity contribution >= 4 is 11.9 Å². The molecule has 0 aromatic heterocycles. The van der Waals surface area contributed by atoms with Crippen molar-refractivity contribution < 1.29 is 4.79 Å². The third kappa shape index (κ3) is 2.72. The van der Waals surface area contributed by atoms with Crippen LogP contribution in [0.2, 0.25) is 0 Å². The van der Waals surface area contributed by atoms with Gasteiger partial charge in [-0.3, -0.25) is 4.79 Å². The van der Waals surface area contributed by atoms with Crippen molar-refractivity contribution in [1.29, 1.82) is 5.26 Å². The fraction of sp³-hybridized carbons (Fsp3) is 0. The number of allylic oxidation sites excluding steroid dienone is 1. The molecule has 0 amide bonds. The van der Waals surface area contributed by atoms with Crippen LogP contribution in [0.1, 0.15) is 21.5 Å². The molecule has 0 unspecified atom stereocenters. The Morgan fingerprint density at radius 2 is 1.56 bits per heavy atom. The molecule has 0 N–H and O–H groups in total. The molecule has 86 valence electrons. The number of benzene rings is 2. The third-order valence-electron chi connectivity index (χ3n) is 2.56. The number of nitriles is 1. The van der Waals surface area contributed by atoms with Crippen molar-refractivity contribution in [2.24, 2.45) is 0 Å². The molecule has 2 rings (SSSR count). The van der Waals surface area contributed by atoms with E-state index < -0.39 is 0 Å². The van der Waals surface area contributed by atoms with Gasteiger partial charge in [0.25, 0.3) is 0 Å². The molecular formula is C16H11NO. The zero-order valence-corrected chi connectivity index (χ0v) is 9.71. The Bertz CT molecular complexity index is 604. The average Bonchev–Trinajstić information content (AvgIpc) is 2.46. The minimum Gasteiger partial charge on any atom is -0.289 e. The lowest BCUT2D eigenvalue weighted by Crippen LogP contribution is -2.00. The third-order valence-corrected chi connectivity index (χ3v) is 2.56. The topological polar surface area (TPSA) is 40.9 Å². The van der Waals surface area contributed by atoms with Crippen molar-refractivity contribution in [3.05, 3.63) is 77.4 Å². The summed E-state index contributed by atoms with van der Waals surface area (Å²) in [4.78, 5) is 12.1. The first-order chi connectivity index (χ1) is 8.81. The van der Waals surface area contributed by atoms with Gasteiger partial charge in [0.1, 0.15) is 0 Å². The monoisotopic (exact) mass is 233 g/mol. The van der Waals surface area contributed by atoms with Gasteiger partial charge in [-0.15, -0.1) is 0 Å². The average molecular weight is 233 g/mol. The maximum absolute atomic E-state index is 12.1. The predicted molar refractivity (Wildman–Crippen MR) is 71.0 cm³/mol. The first kappa shape index (κ1) is 11.8. The van der Waals surface area contributed by atoms with Crippen LogP contribution >= 0.6 is 0 Å². The Balaban J connectivity index is 2.23. The van der Waals surface area contributed by atoms with Crippen molar-refractivity contribution in [3.8, 4) is 6.07 Å². The Hall–Kier alpha value is -2.66. The van der Waals surface area contributed by atoms with Gasteiger partial charge in [0, 0.05) is 17.2 Å². The van der Waals surface area contributed by atoms with Gasteiger partial charge in [-0.1, -0.05) is 54.6 Å². The smallest absolute Gasteiger partial charge is 0.193 e. The van der Waals surface area contributed by atoms with E-state index in [1.165, 1.54) is 6.08 Å². The second-order valence-electron chi connectivity index (χ2n) is 3.78. The van der Waals surface area contributed by atoms with Gasteiger partial charge in [0.15, 0.2) is 5.78 Å².